The second-order valence-electron chi connectivity index (χ2n) is 6.90. The number of para-hydroxylation sites is 1. The second-order valence-corrected chi connectivity index (χ2v) is 8.61. The van der Waals surface area contributed by atoms with E-state index in [1.165, 1.54) is 17.5 Å². The number of thiophene rings is 1. The van der Waals surface area contributed by atoms with Gasteiger partial charge in [0.05, 0.1) is 27.7 Å². The summed E-state index contributed by atoms with van der Waals surface area (Å²) in [6.07, 6.45) is 1.50. The normalized spacial score (nSPS) is 13.7. The number of morpholine rings is 1. The van der Waals surface area contributed by atoms with Crippen LogP contribution in [-0.2, 0) is 16.1 Å². The summed E-state index contributed by atoms with van der Waals surface area (Å²) in [6.45, 7) is 1.18. The number of anilines is 2. The number of amides is 3. The smallest absolute Gasteiger partial charge is 0.274 e. The summed E-state index contributed by atoms with van der Waals surface area (Å²) in [5, 5.41) is 5.66. The number of carbonyl (C=O) groups is 3. The van der Waals surface area contributed by atoms with Crippen molar-refractivity contribution in [1.29, 1.82) is 0 Å². The predicted molar refractivity (Wildman–Crippen MR) is 122 cm³/mol. The van der Waals surface area contributed by atoms with Crippen LogP contribution in [0.5, 0.6) is 0 Å². The third kappa shape index (κ3) is 5.13. The summed E-state index contributed by atoms with van der Waals surface area (Å²) in [7, 11) is 0. The molecular weight excluding hydrogens is 452 g/mol. The predicted octanol–water partition coefficient (Wildman–Crippen LogP) is 3.34. The molecule has 164 valence electrons. The Morgan fingerprint density at radius 2 is 1.97 bits per heavy atom. The largest absolute Gasteiger partial charge is 0.370 e. The van der Waals surface area contributed by atoms with Crippen LogP contribution in [0, 0.1) is 0 Å². The molecule has 0 spiro atoms. The number of nitrogens with one attached hydrogen (secondary N) is 2. The molecule has 0 radical (unpaired) electrons. The summed E-state index contributed by atoms with van der Waals surface area (Å²) in [4.78, 5) is 43.2. The van der Waals surface area contributed by atoms with Crippen LogP contribution in [0.4, 0.5) is 11.4 Å². The SMILES string of the molecule is O=C(Nc1ccccc1CNC(=O)c1ccc(Cl)s1)c1ccc(N2CCOCC2=O)cn1. The summed E-state index contributed by atoms with van der Waals surface area (Å²) in [5.41, 5.74) is 2.14. The molecule has 0 atom stereocenters. The summed E-state index contributed by atoms with van der Waals surface area (Å²) in [6, 6.07) is 13.8. The molecule has 3 heterocycles. The van der Waals surface area contributed by atoms with E-state index in [2.05, 4.69) is 15.6 Å². The fourth-order valence-corrected chi connectivity index (χ4v) is 4.11. The third-order valence-corrected chi connectivity index (χ3v) is 6.01. The minimum Gasteiger partial charge on any atom is -0.370 e. The zero-order valence-electron chi connectivity index (χ0n) is 16.8. The second kappa shape index (κ2) is 9.90. The number of benzene rings is 1. The van der Waals surface area contributed by atoms with Gasteiger partial charge in [-0.25, -0.2) is 4.98 Å². The Balaban J connectivity index is 1.41. The van der Waals surface area contributed by atoms with Gasteiger partial charge in [0.2, 0.25) is 0 Å². The van der Waals surface area contributed by atoms with Crippen molar-refractivity contribution in [2.75, 3.05) is 30.0 Å². The van der Waals surface area contributed by atoms with E-state index in [0.29, 0.717) is 33.7 Å². The van der Waals surface area contributed by atoms with Gasteiger partial charge in [-0.3, -0.25) is 14.4 Å². The Kier molecular flexibility index (Phi) is 6.79. The van der Waals surface area contributed by atoms with Crippen molar-refractivity contribution in [3.63, 3.8) is 0 Å². The van der Waals surface area contributed by atoms with E-state index in [1.807, 2.05) is 12.1 Å². The lowest BCUT2D eigenvalue weighted by Gasteiger charge is -2.26. The molecule has 10 heteroatoms. The molecule has 1 fully saturated rings. The Morgan fingerprint density at radius 1 is 1.12 bits per heavy atom. The van der Waals surface area contributed by atoms with Crippen LogP contribution in [0.2, 0.25) is 4.34 Å². The van der Waals surface area contributed by atoms with Gasteiger partial charge in [-0.15, -0.1) is 11.3 Å². The molecule has 2 N–H and O–H groups in total. The first-order valence-corrected chi connectivity index (χ1v) is 11.0. The maximum Gasteiger partial charge on any atom is 0.274 e. The van der Waals surface area contributed by atoms with Gasteiger partial charge in [-0.1, -0.05) is 29.8 Å². The molecule has 2 aromatic heterocycles. The summed E-state index contributed by atoms with van der Waals surface area (Å²) in [5.74, 6) is -0.775. The van der Waals surface area contributed by atoms with Crippen LogP contribution in [0.15, 0.2) is 54.7 Å². The number of hydrogen-bond acceptors (Lipinski definition) is 6. The highest BCUT2D eigenvalue weighted by molar-refractivity contribution is 7.18. The molecule has 8 nitrogen and oxygen atoms in total. The third-order valence-electron chi connectivity index (χ3n) is 4.78. The number of nitrogens with zero attached hydrogens (tertiary/aromatic N) is 2. The maximum absolute atomic E-state index is 12.7. The number of hydrogen-bond donors (Lipinski definition) is 2. The van der Waals surface area contributed by atoms with E-state index in [-0.39, 0.29) is 30.7 Å². The molecule has 0 aliphatic carbocycles. The molecular formula is C22H19ClN4O4S. The van der Waals surface area contributed by atoms with Crippen molar-refractivity contribution in [2.24, 2.45) is 0 Å². The zero-order valence-corrected chi connectivity index (χ0v) is 18.4. The monoisotopic (exact) mass is 470 g/mol. The lowest BCUT2D eigenvalue weighted by atomic mass is 10.1. The van der Waals surface area contributed by atoms with E-state index in [4.69, 9.17) is 16.3 Å². The van der Waals surface area contributed by atoms with Crippen LogP contribution in [0.1, 0.15) is 25.7 Å². The molecule has 0 unspecified atom stereocenters. The summed E-state index contributed by atoms with van der Waals surface area (Å²) < 4.78 is 5.67. The van der Waals surface area contributed by atoms with E-state index in [9.17, 15) is 14.4 Å². The van der Waals surface area contributed by atoms with Crippen LogP contribution in [-0.4, -0.2) is 42.5 Å². The molecule has 1 aliphatic heterocycles. The van der Waals surface area contributed by atoms with Crippen LogP contribution in [0.3, 0.4) is 0 Å². The standard InChI is InChI=1S/C22H19ClN4O4S/c23-19-8-7-18(32-19)22(30)25-11-14-3-1-2-4-16(14)26-21(29)17-6-5-15(12-24-17)27-9-10-31-13-20(27)28/h1-8,12H,9-11,13H2,(H,25,30)(H,26,29). The molecule has 1 aliphatic rings. The first-order valence-electron chi connectivity index (χ1n) is 9.78. The van der Waals surface area contributed by atoms with Gasteiger partial charge < -0.3 is 20.3 Å². The van der Waals surface area contributed by atoms with Gasteiger partial charge in [0.25, 0.3) is 17.7 Å². The van der Waals surface area contributed by atoms with Crippen LogP contribution in [0.25, 0.3) is 0 Å². The van der Waals surface area contributed by atoms with Gasteiger partial charge in [-0.05, 0) is 35.9 Å². The van der Waals surface area contributed by atoms with Crippen molar-refractivity contribution in [1.82, 2.24) is 10.3 Å². The van der Waals surface area contributed by atoms with Crippen LogP contribution < -0.4 is 15.5 Å². The zero-order chi connectivity index (χ0) is 22.5. The minimum atomic E-state index is -0.395. The van der Waals surface area contributed by atoms with E-state index < -0.39 is 5.91 Å². The number of carbonyl (C=O) groups excluding carboxylic acids is 3. The molecule has 32 heavy (non-hydrogen) atoms. The Hall–Kier alpha value is -3.27. The lowest BCUT2D eigenvalue weighted by Crippen LogP contribution is -2.41. The molecule has 0 bridgehead atoms. The van der Waals surface area contributed by atoms with Crippen molar-refractivity contribution in [3.05, 3.63) is 75.2 Å². The topological polar surface area (TPSA) is 101 Å². The molecule has 4 rings (SSSR count). The Morgan fingerprint density at radius 3 is 2.69 bits per heavy atom. The maximum atomic E-state index is 12.7. The fourth-order valence-electron chi connectivity index (χ4n) is 3.15. The van der Waals surface area contributed by atoms with Gasteiger partial charge in [0.1, 0.15) is 12.3 Å². The molecule has 3 aromatic rings. The van der Waals surface area contributed by atoms with E-state index >= 15 is 0 Å². The molecule has 0 saturated carbocycles. The molecule has 1 aromatic carbocycles. The quantitative estimate of drug-likeness (QED) is 0.575. The molecule has 3 amide bonds. The van der Waals surface area contributed by atoms with Gasteiger partial charge in [0.15, 0.2) is 0 Å². The Labute approximate surface area is 193 Å². The van der Waals surface area contributed by atoms with E-state index in [1.54, 1.807) is 41.3 Å². The van der Waals surface area contributed by atoms with Crippen molar-refractivity contribution >= 4 is 52.0 Å². The van der Waals surface area contributed by atoms with Crippen LogP contribution >= 0.6 is 22.9 Å². The Bertz CT molecular complexity index is 1150. The number of halogens is 1. The average Bonchev–Trinajstić information content (AvgIpc) is 3.25. The average molecular weight is 471 g/mol. The number of ether oxygens (including phenoxy) is 1. The van der Waals surface area contributed by atoms with Crippen molar-refractivity contribution in [2.45, 2.75) is 6.54 Å². The highest BCUT2D eigenvalue weighted by atomic mass is 35.5. The first kappa shape index (κ1) is 21.9. The molecule has 1 saturated heterocycles. The fraction of sp³-hybridized carbons (Fsp3) is 0.182. The number of aromatic nitrogens is 1. The van der Waals surface area contributed by atoms with Gasteiger partial charge in [-0.2, -0.15) is 0 Å². The first-order chi connectivity index (χ1) is 15.5. The number of rotatable bonds is 6. The minimum absolute atomic E-state index is 0.0368. The number of pyridine rings is 1. The van der Waals surface area contributed by atoms with E-state index in [0.717, 1.165) is 5.56 Å². The highest BCUT2D eigenvalue weighted by Gasteiger charge is 2.21. The van der Waals surface area contributed by atoms with Gasteiger partial charge >= 0.3 is 0 Å². The van der Waals surface area contributed by atoms with Crippen molar-refractivity contribution in [3.8, 4) is 0 Å². The summed E-state index contributed by atoms with van der Waals surface area (Å²) >= 11 is 7.08. The lowest BCUT2D eigenvalue weighted by molar-refractivity contribution is -0.125. The van der Waals surface area contributed by atoms with Gasteiger partial charge in [0, 0.05) is 18.8 Å². The van der Waals surface area contributed by atoms with Crippen molar-refractivity contribution < 1.29 is 19.1 Å². The highest BCUT2D eigenvalue weighted by Crippen LogP contribution is 2.22.